The highest BCUT2D eigenvalue weighted by Gasteiger charge is 2.69. The van der Waals surface area contributed by atoms with Gasteiger partial charge in [-0.15, -0.1) is 0 Å². The van der Waals surface area contributed by atoms with Gasteiger partial charge in [-0.1, -0.05) is 0 Å². The SMILES string of the molecule is C[C@]1(O)[C@@H](OC(=O)c2ccco2)[C@H]2OC(=O)C3=COC(O)[C@H]1[C@@H]32. The number of hydrogen-bond acceptors (Lipinski definition) is 8. The zero-order chi connectivity index (χ0) is 16.4. The molecule has 3 aliphatic rings. The zero-order valence-electron chi connectivity index (χ0n) is 12.0. The largest absolute Gasteiger partial charge is 0.472 e. The van der Waals surface area contributed by atoms with Crippen molar-refractivity contribution in [2.45, 2.75) is 31.0 Å². The average molecular weight is 322 g/mol. The Morgan fingerprint density at radius 2 is 2.22 bits per heavy atom. The Morgan fingerprint density at radius 3 is 2.91 bits per heavy atom. The smallest absolute Gasteiger partial charge is 0.374 e. The van der Waals surface area contributed by atoms with Gasteiger partial charge >= 0.3 is 11.9 Å². The highest BCUT2D eigenvalue weighted by atomic mass is 16.6. The number of rotatable bonds is 2. The van der Waals surface area contributed by atoms with Gasteiger partial charge in [0.15, 0.2) is 6.10 Å². The summed E-state index contributed by atoms with van der Waals surface area (Å²) in [5, 5.41) is 20.9. The maximum atomic E-state index is 12.1. The van der Waals surface area contributed by atoms with Crippen LogP contribution in [-0.2, 0) is 19.0 Å². The van der Waals surface area contributed by atoms with Crippen LogP contribution in [0.3, 0.4) is 0 Å². The number of hydrogen-bond donors (Lipinski definition) is 2. The van der Waals surface area contributed by atoms with E-state index < -0.39 is 47.9 Å². The van der Waals surface area contributed by atoms with Crippen LogP contribution >= 0.6 is 0 Å². The molecule has 0 bridgehead atoms. The van der Waals surface area contributed by atoms with E-state index in [1.807, 2.05) is 0 Å². The third-order valence-electron chi connectivity index (χ3n) is 4.73. The van der Waals surface area contributed by atoms with E-state index in [1.54, 1.807) is 0 Å². The lowest BCUT2D eigenvalue weighted by Crippen LogP contribution is -2.50. The summed E-state index contributed by atoms with van der Waals surface area (Å²) in [6, 6.07) is 2.94. The third-order valence-corrected chi connectivity index (χ3v) is 4.73. The number of ether oxygens (including phenoxy) is 3. The van der Waals surface area contributed by atoms with Crippen molar-refractivity contribution in [3.05, 3.63) is 36.0 Å². The Morgan fingerprint density at radius 1 is 1.43 bits per heavy atom. The monoisotopic (exact) mass is 322 g/mol. The second kappa shape index (κ2) is 4.59. The number of carbonyl (C=O) groups excluding carboxylic acids is 2. The fourth-order valence-electron chi connectivity index (χ4n) is 3.69. The summed E-state index contributed by atoms with van der Waals surface area (Å²) in [7, 11) is 0. The van der Waals surface area contributed by atoms with Crippen LogP contribution in [0.4, 0.5) is 0 Å². The molecule has 3 heterocycles. The minimum absolute atomic E-state index is 0.0347. The summed E-state index contributed by atoms with van der Waals surface area (Å²) >= 11 is 0. The van der Waals surface area contributed by atoms with Gasteiger partial charge in [-0.3, -0.25) is 0 Å². The molecule has 1 unspecified atom stereocenters. The number of aliphatic hydroxyl groups excluding tert-OH is 1. The van der Waals surface area contributed by atoms with Crippen LogP contribution in [0, 0.1) is 11.8 Å². The van der Waals surface area contributed by atoms with E-state index in [2.05, 4.69) is 0 Å². The van der Waals surface area contributed by atoms with Gasteiger partial charge in [-0.25, -0.2) is 9.59 Å². The molecule has 1 saturated carbocycles. The molecule has 8 heteroatoms. The Hall–Kier alpha value is -2.32. The molecule has 0 amide bonds. The van der Waals surface area contributed by atoms with Gasteiger partial charge in [0, 0.05) is 5.92 Å². The first-order valence-electron chi connectivity index (χ1n) is 7.12. The lowest BCUT2D eigenvalue weighted by atomic mass is 9.81. The van der Waals surface area contributed by atoms with Crippen LogP contribution in [0.5, 0.6) is 0 Å². The molecule has 23 heavy (non-hydrogen) atoms. The molecule has 6 atom stereocenters. The maximum absolute atomic E-state index is 12.1. The van der Waals surface area contributed by atoms with Crippen LogP contribution in [0.1, 0.15) is 17.5 Å². The van der Waals surface area contributed by atoms with Crippen LogP contribution in [0.2, 0.25) is 0 Å². The molecule has 1 aromatic rings. The second-order valence-corrected chi connectivity index (χ2v) is 6.05. The van der Waals surface area contributed by atoms with E-state index in [1.165, 1.54) is 25.3 Å². The van der Waals surface area contributed by atoms with E-state index in [0.717, 1.165) is 6.26 Å². The average Bonchev–Trinajstić information content (AvgIpc) is 3.16. The van der Waals surface area contributed by atoms with E-state index >= 15 is 0 Å². The Balaban J connectivity index is 1.69. The first kappa shape index (κ1) is 14.3. The minimum Gasteiger partial charge on any atom is -0.472 e. The van der Waals surface area contributed by atoms with E-state index in [9.17, 15) is 19.8 Å². The fraction of sp³-hybridized carbons (Fsp3) is 0.467. The minimum atomic E-state index is -1.64. The normalized spacial score (nSPS) is 40.9. The quantitative estimate of drug-likeness (QED) is 0.729. The summed E-state index contributed by atoms with van der Waals surface area (Å²) in [6.07, 6.45) is -0.909. The van der Waals surface area contributed by atoms with Crippen molar-refractivity contribution in [3.63, 3.8) is 0 Å². The van der Waals surface area contributed by atoms with Crippen molar-refractivity contribution in [2.24, 2.45) is 11.8 Å². The molecular weight excluding hydrogens is 308 g/mol. The van der Waals surface area contributed by atoms with Gasteiger partial charge in [0.1, 0.15) is 11.7 Å². The molecular formula is C15H14O8. The van der Waals surface area contributed by atoms with Gasteiger partial charge in [-0.05, 0) is 19.1 Å². The number of aliphatic hydroxyl groups is 2. The van der Waals surface area contributed by atoms with Gasteiger partial charge in [0.2, 0.25) is 12.1 Å². The van der Waals surface area contributed by atoms with Gasteiger partial charge < -0.3 is 28.8 Å². The van der Waals surface area contributed by atoms with Crippen LogP contribution in [0.25, 0.3) is 0 Å². The molecule has 0 aromatic carbocycles. The first-order chi connectivity index (χ1) is 10.9. The van der Waals surface area contributed by atoms with Gasteiger partial charge in [-0.2, -0.15) is 0 Å². The summed E-state index contributed by atoms with van der Waals surface area (Å²) in [6.45, 7) is 1.42. The van der Waals surface area contributed by atoms with E-state index in [-0.39, 0.29) is 11.3 Å². The predicted octanol–water partition coefficient (Wildman–Crippen LogP) is -0.0401. The number of esters is 2. The molecule has 4 rings (SSSR count). The lowest BCUT2D eigenvalue weighted by Gasteiger charge is -2.36. The highest BCUT2D eigenvalue weighted by Crippen LogP contribution is 2.54. The Kier molecular flexibility index (Phi) is 2.85. The van der Waals surface area contributed by atoms with Crippen molar-refractivity contribution in [1.82, 2.24) is 0 Å². The molecule has 2 N–H and O–H groups in total. The third kappa shape index (κ3) is 1.85. The molecule has 2 aliphatic heterocycles. The maximum Gasteiger partial charge on any atom is 0.374 e. The Labute approximate surface area is 130 Å². The first-order valence-corrected chi connectivity index (χ1v) is 7.12. The Bertz CT molecular complexity index is 688. The molecule has 1 saturated heterocycles. The van der Waals surface area contributed by atoms with Crippen molar-refractivity contribution in [2.75, 3.05) is 0 Å². The summed E-state index contributed by atoms with van der Waals surface area (Å²) in [4.78, 5) is 24.0. The zero-order valence-corrected chi connectivity index (χ0v) is 12.0. The predicted molar refractivity (Wildman–Crippen MR) is 70.6 cm³/mol. The van der Waals surface area contributed by atoms with Gasteiger partial charge in [0.25, 0.3) is 0 Å². The molecule has 8 nitrogen and oxygen atoms in total. The molecule has 1 aromatic heterocycles. The fourth-order valence-corrected chi connectivity index (χ4v) is 3.69. The van der Waals surface area contributed by atoms with E-state index in [4.69, 9.17) is 18.6 Å². The highest BCUT2D eigenvalue weighted by molar-refractivity contribution is 5.92. The van der Waals surface area contributed by atoms with Crippen molar-refractivity contribution in [3.8, 4) is 0 Å². The molecule has 2 fully saturated rings. The lowest BCUT2D eigenvalue weighted by molar-refractivity contribution is -0.183. The van der Waals surface area contributed by atoms with Crippen LogP contribution in [-0.4, -0.2) is 46.3 Å². The summed E-state index contributed by atoms with van der Waals surface area (Å²) in [5.74, 6) is -2.88. The molecule has 0 radical (unpaired) electrons. The second-order valence-electron chi connectivity index (χ2n) is 6.05. The summed E-state index contributed by atoms with van der Waals surface area (Å²) < 4.78 is 20.6. The topological polar surface area (TPSA) is 115 Å². The number of carbonyl (C=O) groups is 2. The van der Waals surface area contributed by atoms with Crippen molar-refractivity contribution >= 4 is 11.9 Å². The van der Waals surface area contributed by atoms with Crippen molar-refractivity contribution < 1.29 is 38.4 Å². The molecule has 122 valence electrons. The molecule has 1 aliphatic carbocycles. The van der Waals surface area contributed by atoms with Crippen molar-refractivity contribution in [1.29, 1.82) is 0 Å². The van der Waals surface area contributed by atoms with Gasteiger partial charge in [0.05, 0.1) is 24.0 Å². The summed E-state index contributed by atoms with van der Waals surface area (Å²) in [5.41, 5.74) is -1.42. The number of furan rings is 1. The van der Waals surface area contributed by atoms with Crippen LogP contribution in [0.15, 0.2) is 34.6 Å². The standard InChI is InChI=1S/C15H14O8/c1-15(19)9-8-6(5-21-14(9)18)12(16)22-10(8)11(15)23-13(17)7-3-2-4-20-7/h2-5,8-11,14,18-19H,1H3/t8-,9-,10+,11+,14?,15-/m1/s1. The molecule has 0 spiro atoms. The van der Waals surface area contributed by atoms with E-state index in [0.29, 0.717) is 0 Å². The van der Waals surface area contributed by atoms with Crippen LogP contribution < -0.4 is 0 Å².